The summed E-state index contributed by atoms with van der Waals surface area (Å²) in [6.45, 7) is -0.165. The van der Waals surface area contributed by atoms with E-state index in [2.05, 4.69) is 5.32 Å². The van der Waals surface area contributed by atoms with Gasteiger partial charge < -0.3 is 15.3 Å². The van der Waals surface area contributed by atoms with Crippen LogP contribution in [0.5, 0.6) is 0 Å². The summed E-state index contributed by atoms with van der Waals surface area (Å²) in [7, 11) is 0. The molecule has 1 aliphatic heterocycles. The van der Waals surface area contributed by atoms with E-state index in [1.165, 1.54) is 0 Å². The van der Waals surface area contributed by atoms with E-state index in [0.29, 0.717) is 11.4 Å². The van der Waals surface area contributed by atoms with Crippen LogP contribution in [0.2, 0.25) is 0 Å². The number of nitrogens with zero attached hydrogens (tertiary/aromatic N) is 1. The number of carbonyl (C=O) groups is 2. The van der Waals surface area contributed by atoms with Crippen molar-refractivity contribution in [3.05, 3.63) is 0 Å². The Balaban J connectivity index is 2.77. The molecule has 8 heteroatoms. The van der Waals surface area contributed by atoms with Gasteiger partial charge in [0.2, 0.25) is 5.91 Å². The van der Waals surface area contributed by atoms with Crippen molar-refractivity contribution >= 4 is 11.9 Å². The largest absolute Gasteiger partial charge is 0.480 e. The maximum atomic E-state index is 12.4. The second kappa shape index (κ2) is 6.23. The predicted molar refractivity (Wildman–Crippen MR) is 60.5 cm³/mol. The Labute approximate surface area is 108 Å². The molecule has 1 heterocycles. The van der Waals surface area contributed by atoms with Crippen LogP contribution >= 0.6 is 0 Å². The number of alkyl halides is 3. The summed E-state index contributed by atoms with van der Waals surface area (Å²) in [5, 5.41) is 11.5. The van der Waals surface area contributed by atoms with Gasteiger partial charge in [-0.2, -0.15) is 13.2 Å². The van der Waals surface area contributed by atoms with E-state index in [-0.39, 0.29) is 5.92 Å². The van der Waals surface area contributed by atoms with E-state index < -0.39 is 37.2 Å². The summed E-state index contributed by atoms with van der Waals surface area (Å²) in [5.74, 6) is -2.36. The number of piperidine rings is 1. The smallest absolute Gasteiger partial charge is 0.406 e. The van der Waals surface area contributed by atoms with Crippen molar-refractivity contribution in [3.8, 4) is 0 Å². The Hall–Kier alpha value is -1.31. The van der Waals surface area contributed by atoms with E-state index >= 15 is 0 Å². The summed E-state index contributed by atoms with van der Waals surface area (Å²) in [5.41, 5.74) is 0. The molecule has 0 aromatic rings. The van der Waals surface area contributed by atoms with Gasteiger partial charge in [-0.1, -0.05) is 6.92 Å². The lowest BCUT2D eigenvalue weighted by Gasteiger charge is -2.33. The van der Waals surface area contributed by atoms with Gasteiger partial charge in [-0.3, -0.25) is 9.59 Å². The number of carboxylic acids is 1. The van der Waals surface area contributed by atoms with Gasteiger partial charge in [0.25, 0.3) is 0 Å². The number of hydrogen-bond donors (Lipinski definition) is 2. The lowest BCUT2D eigenvalue weighted by molar-refractivity contribution is -0.167. The van der Waals surface area contributed by atoms with Gasteiger partial charge in [-0.25, -0.2) is 0 Å². The van der Waals surface area contributed by atoms with Crippen LogP contribution in [0, 0.1) is 5.92 Å². The second-order valence-corrected chi connectivity index (χ2v) is 4.75. The first-order valence-electron chi connectivity index (χ1n) is 6.01. The van der Waals surface area contributed by atoms with Crippen molar-refractivity contribution in [2.45, 2.75) is 32.0 Å². The van der Waals surface area contributed by atoms with E-state index in [1.807, 2.05) is 0 Å². The van der Waals surface area contributed by atoms with Crippen molar-refractivity contribution in [2.75, 3.05) is 19.6 Å². The zero-order valence-electron chi connectivity index (χ0n) is 10.5. The van der Waals surface area contributed by atoms with Crippen LogP contribution in [0.25, 0.3) is 0 Å². The second-order valence-electron chi connectivity index (χ2n) is 4.75. The predicted octanol–water partition coefficient (Wildman–Crippen LogP) is 0.850. The molecule has 1 rings (SSSR count). The summed E-state index contributed by atoms with van der Waals surface area (Å²) in [6.07, 6.45) is -3.03. The number of halogens is 3. The average molecular weight is 282 g/mol. The van der Waals surface area contributed by atoms with Crippen LogP contribution in [0.4, 0.5) is 13.2 Å². The van der Waals surface area contributed by atoms with Gasteiger partial charge in [0.15, 0.2) is 0 Å². The standard InChI is InChI=1S/C11H17F3N2O3/c1-7-3-2-4-15-9(7)10(19)16(5-8(17)18)6-11(12,13)14/h7,9,15H,2-6H2,1H3,(H,17,18). The van der Waals surface area contributed by atoms with Crippen molar-refractivity contribution < 1.29 is 27.9 Å². The van der Waals surface area contributed by atoms with Gasteiger partial charge in [0.05, 0.1) is 6.04 Å². The normalized spacial score (nSPS) is 24.0. The molecule has 0 spiro atoms. The highest BCUT2D eigenvalue weighted by atomic mass is 19.4. The first kappa shape index (κ1) is 15.7. The fraction of sp³-hybridized carbons (Fsp3) is 0.818. The van der Waals surface area contributed by atoms with Crippen LogP contribution < -0.4 is 5.32 Å². The number of carboxylic acid groups (broad SMARTS) is 1. The highest BCUT2D eigenvalue weighted by molar-refractivity contribution is 5.85. The van der Waals surface area contributed by atoms with Crippen LogP contribution in [0.1, 0.15) is 19.8 Å². The number of aliphatic carboxylic acids is 1. The molecular weight excluding hydrogens is 265 g/mol. The van der Waals surface area contributed by atoms with Gasteiger partial charge in [0.1, 0.15) is 13.1 Å². The third-order valence-electron chi connectivity index (χ3n) is 3.04. The molecule has 1 aliphatic rings. The number of rotatable bonds is 4. The monoisotopic (exact) mass is 282 g/mol. The van der Waals surface area contributed by atoms with Gasteiger partial charge in [-0.05, 0) is 25.3 Å². The number of nitrogens with one attached hydrogen (secondary N) is 1. The molecule has 2 atom stereocenters. The number of hydrogen-bond acceptors (Lipinski definition) is 3. The molecule has 2 N–H and O–H groups in total. The highest BCUT2D eigenvalue weighted by Crippen LogP contribution is 2.21. The summed E-state index contributed by atoms with van der Waals surface area (Å²) in [6, 6.07) is -0.740. The first-order valence-corrected chi connectivity index (χ1v) is 6.01. The lowest BCUT2D eigenvalue weighted by atomic mass is 9.92. The number of carbonyl (C=O) groups excluding carboxylic acids is 1. The van der Waals surface area contributed by atoms with Gasteiger partial charge in [-0.15, -0.1) is 0 Å². The molecule has 0 radical (unpaired) electrons. The molecule has 0 aromatic heterocycles. The van der Waals surface area contributed by atoms with Gasteiger partial charge >= 0.3 is 12.1 Å². The molecule has 0 bridgehead atoms. The molecule has 110 valence electrons. The fourth-order valence-corrected chi connectivity index (χ4v) is 2.17. The van der Waals surface area contributed by atoms with E-state index in [9.17, 15) is 22.8 Å². The zero-order valence-corrected chi connectivity index (χ0v) is 10.5. The Bertz CT molecular complexity index is 347. The summed E-state index contributed by atoms with van der Waals surface area (Å²) >= 11 is 0. The maximum absolute atomic E-state index is 12.4. The zero-order chi connectivity index (χ0) is 14.6. The molecule has 0 aromatic carbocycles. The molecule has 0 saturated carbocycles. The quantitative estimate of drug-likeness (QED) is 0.802. The third kappa shape index (κ3) is 5.06. The summed E-state index contributed by atoms with van der Waals surface area (Å²) < 4.78 is 37.1. The lowest BCUT2D eigenvalue weighted by Crippen LogP contribution is -2.55. The fourth-order valence-electron chi connectivity index (χ4n) is 2.17. The van der Waals surface area contributed by atoms with Crippen molar-refractivity contribution in [1.29, 1.82) is 0 Å². The minimum absolute atomic E-state index is 0.106. The van der Waals surface area contributed by atoms with E-state index in [4.69, 9.17) is 5.11 Å². The van der Waals surface area contributed by atoms with Crippen molar-refractivity contribution in [3.63, 3.8) is 0 Å². The molecule has 1 amide bonds. The molecule has 2 unspecified atom stereocenters. The SMILES string of the molecule is CC1CCCNC1C(=O)N(CC(=O)O)CC(F)(F)F. The third-order valence-corrected chi connectivity index (χ3v) is 3.04. The molecule has 0 aliphatic carbocycles. The van der Waals surface area contributed by atoms with Crippen LogP contribution in [-0.2, 0) is 9.59 Å². The Kier molecular flexibility index (Phi) is 5.16. The van der Waals surface area contributed by atoms with Crippen LogP contribution in [0.15, 0.2) is 0 Å². The van der Waals surface area contributed by atoms with E-state index in [1.54, 1.807) is 6.92 Å². The van der Waals surface area contributed by atoms with Gasteiger partial charge in [0, 0.05) is 0 Å². The number of amides is 1. The van der Waals surface area contributed by atoms with Crippen molar-refractivity contribution in [1.82, 2.24) is 10.2 Å². The van der Waals surface area contributed by atoms with Crippen LogP contribution in [0.3, 0.4) is 0 Å². The molecule has 1 fully saturated rings. The minimum Gasteiger partial charge on any atom is -0.480 e. The molecule has 19 heavy (non-hydrogen) atoms. The Morgan fingerprint density at radius 2 is 2.05 bits per heavy atom. The van der Waals surface area contributed by atoms with E-state index in [0.717, 1.165) is 12.8 Å². The molecule has 1 saturated heterocycles. The molecular formula is C11H17F3N2O3. The Morgan fingerprint density at radius 1 is 1.42 bits per heavy atom. The topological polar surface area (TPSA) is 69.6 Å². The first-order chi connectivity index (χ1) is 8.70. The van der Waals surface area contributed by atoms with Crippen molar-refractivity contribution in [2.24, 2.45) is 5.92 Å². The minimum atomic E-state index is -4.61. The molecule has 5 nitrogen and oxygen atoms in total. The van der Waals surface area contributed by atoms with Crippen LogP contribution in [-0.4, -0.2) is 53.7 Å². The maximum Gasteiger partial charge on any atom is 0.406 e. The Morgan fingerprint density at radius 3 is 2.53 bits per heavy atom. The summed E-state index contributed by atoms with van der Waals surface area (Å²) in [4.78, 5) is 23.0. The highest BCUT2D eigenvalue weighted by Gasteiger charge is 2.38. The average Bonchev–Trinajstić information content (AvgIpc) is 2.25.